The van der Waals surface area contributed by atoms with E-state index in [1.165, 1.54) is 24.2 Å². The Labute approximate surface area is 168 Å². The van der Waals surface area contributed by atoms with Crippen LogP contribution in [0.5, 0.6) is 0 Å². The highest BCUT2D eigenvalue weighted by Crippen LogP contribution is 2.32. The number of nitrogens with one attached hydrogen (secondary N) is 3. The molecule has 3 rings (SSSR count). The van der Waals surface area contributed by atoms with Crippen molar-refractivity contribution in [1.29, 1.82) is 0 Å². The van der Waals surface area contributed by atoms with Gasteiger partial charge in [0.25, 0.3) is 11.7 Å². The van der Waals surface area contributed by atoms with E-state index in [1.54, 1.807) is 0 Å². The minimum absolute atomic E-state index is 0.0577. The van der Waals surface area contributed by atoms with E-state index in [0.717, 1.165) is 31.8 Å². The van der Waals surface area contributed by atoms with Crippen LogP contribution in [0.4, 0.5) is 19.0 Å². The molecule has 2 fully saturated rings. The predicted octanol–water partition coefficient (Wildman–Crippen LogP) is 1.57. The van der Waals surface area contributed by atoms with Gasteiger partial charge in [0.15, 0.2) is 6.54 Å². The number of hydrogen-bond acceptors (Lipinski definition) is 2. The molecule has 2 atom stereocenters. The van der Waals surface area contributed by atoms with Crippen molar-refractivity contribution in [1.82, 2.24) is 5.32 Å². The fraction of sp³-hybridized carbons (Fsp3) is 0.684. The molecule has 1 saturated carbocycles. The van der Waals surface area contributed by atoms with Crippen LogP contribution in [-0.2, 0) is 11.0 Å². The van der Waals surface area contributed by atoms with Gasteiger partial charge in [0, 0.05) is 6.04 Å². The fourth-order valence-electron chi connectivity index (χ4n) is 4.11. The Hall–Kier alpha value is -1.54. The van der Waals surface area contributed by atoms with Gasteiger partial charge in [0.05, 0.1) is 5.56 Å². The van der Waals surface area contributed by atoms with Gasteiger partial charge in [-0.15, -0.1) is 0 Å². The first kappa shape index (κ1) is 21.2. The van der Waals surface area contributed by atoms with Gasteiger partial charge >= 0.3 is 6.18 Å². The monoisotopic (exact) mass is 420 g/mol. The van der Waals surface area contributed by atoms with Gasteiger partial charge in [0.1, 0.15) is 37.4 Å². The zero-order valence-electron chi connectivity index (χ0n) is 16.0. The van der Waals surface area contributed by atoms with Crippen LogP contribution < -0.4 is 20.1 Å². The van der Waals surface area contributed by atoms with Crippen LogP contribution in [0.2, 0.25) is 5.02 Å². The van der Waals surface area contributed by atoms with E-state index in [0.29, 0.717) is 31.4 Å². The second-order valence-corrected chi connectivity index (χ2v) is 8.34. The molecular formula is C19H28ClF3N4O+2. The van der Waals surface area contributed by atoms with E-state index in [-0.39, 0.29) is 17.0 Å². The van der Waals surface area contributed by atoms with Crippen molar-refractivity contribution in [2.45, 2.75) is 44.8 Å². The predicted molar refractivity (Wildman–Crippen MR) is 100 cm³/mol. The first-order chi connectivity index (χ1) is 13.2. The number of H-pyrrole nitrogens is 1. The van der Waals surface area contributed by atoms with Gasteiger partial charge < -0.3 is 10.2 Å². The van der Waals surface area contributed by atoms with E-state index in [1.807, 2.05) is 4.90 Å². The lowest BCUT2D eigenvalue weighted by Crippen LogP contribution is -3.16. The highest BCUT2D eigenvalue weighted by Gasteiger charge is 2.35. The summed E-state index contributed by atoms with van der Waals surface area (Å²) in [5.41, 5.74) is -0.792. The number of anilines is 1. The van der Waals surface area contributed by atoms with Crippen LogP contribution in [0.25, 0.3) is 0 Å². The molecule has 1 aliphatic heterocycles. The minimum atomic E-state index is -4.43. The number of amides is 1. The molecule has 5 nitrogen and oxygen atoms in total. The number of nitrogens with zero attached hydrogens (tertiary/aromatic N) is 1. The van der Waals surface area contributed by atoms with Crippen LogP contribution >= 0.6 is 11.6 Å². The number of alkyl halides is 3. The number of piperazine rings is 1. The number of quaternary nitrogens is 1. The zero-order valence-corrected chi connectivity index (χ0v) is 16.8. The van der Waals surface area contributed by atoms with E-state index >= 15 is 0 Å². The Morgan fingerprint density at radius 2 is 2.00 bits per heavy atom. The first-order valence-electron chi connectivity index (χ1n) is 9.90. The number of pyridine rings is 1. The number of aromatic amines is 1. The van der Waals surface area contributed by atoms with Crippen molar-refractivity contribution >= 4 is 23.3 Å². The minimum Gasteiger partial charge on any atom is -0.348 e. The summed E-state index contributed by atoms with van der Waals surface area (Å²) in [5, 5.41) is 3.24. The van der Waals surface area contributed by atoms with Gasteiger partial charge in [-0.2, -0.15) is 13.2 Å². The molecule has 156 valence electrons. The number of carbonyl (C=O) groups excluding carboxylic acids is 1. The summed E-state index contributed by atoms with van der Waals surface area (Å²) in [6, 6.07) is 1.23. The van der Waals surface area contributed by atoms with Crippen LogP contribution in [0.1, 0.15) is 38.2 Å². The van der Waals surface area contributed by atoms with E-state index in [2.05, 4.69) is 17.2 Å². The SMILES string of the molecule is C[C@H]1CCCC[C@@H]1NC(=O)C[NH+]1CCN(c2[nH+]cc(C(F)(F)F)cc2Cl)CC1. The molecule has 9 heteroatoms. The molecule has 1 amide bonds. The number of hydrogen-bond donors (Lipinski definition) is 2. The third-order valence-corrected chi connectivity index (χ3v) is 6.14. The average molecular weight is 421 g/mol. The number of halogens is 4. The molecule has 0 aromatic carbocycles. The molecular weight excluding hydrogens is 393 g/mol. The van der Waals surface area contributed by atoms with E-state index in [4.69, 9.17) is 11.6 Å². The third-order valence-electron chi connectivity index (χ3n) is 5.86. The molecule has 1 saturated heterocycles. The first-order valence-corrected chi connectivity index (χ1v) is 10.3. The maximum atomic E-state index is 12.8. The standard InChI is InChI=1S/C19H26ClF3N4O/c1-13-4-2-3-5-16(13)25-17(28)12-26-6-8-27(9-7-26)18-15(20)10-14(11-24-18)19(21,22)23/h10-11,13,16H,2-9,12H2,1H3,(H,25,28)/p+2/t13-,16-/m0/s1. The van der Waals surface area contributed by atoms with Gasteiger partial charge in [-0.25, -0.2) is 9.88 Å². The maximum absolute atomic E-state index is 12.8. The Morgan fingerprint density at radius 3 is 2.61 bits per heavy atom. The second-order valence-electron chi connectivity index (χ2n) is 7.93. The van der Waals surface area contributed by atoms with Crippen molar-refractivity contribution in [3.63, 3.8) is 0 Å². The molecule has 2 heterocycles. The molecule has 1 aromatic heterocycles. The van der Waals surface area contributed by atoms with Crippen molar-refractivity contribution in [3.05, 3.63) is 22.8 Å². The van der Waals surface area contributed by atoms with E-state index in [9.17, 15) is 18.0 Å². The molecule has 28 heavy (non-hydrogen) atoms. The van der Waals surface area contributed by atoms with Crippen molar-refractivity contribution in [3.8, 4) is 0 Å². The summed E-state index contributed by atoms with van der Waals surface area (Å²) in [4.78, 5) is 18.2. The topological polar surface area (TPSA) is 50.9 Å². The Morgan fingerprint density at radius 1 is 1.32 bits per heavy atom. The van der Waals surface area contributed by atoms with Gasteiger partial charge in [-0.05, 0) is 24.8 Å². The number of aromatic nitrogens is 1. The van der Waals surface area contributed by atoms with Gasteiger partial charge in [-0.1, -0.05) is 31.4 Å². The van der Waals surface area contributed by atoms with Crippen LogP contribution in [-0.4, -0.2) is 44.7 Å². The quantitative estimate of drug-likeness (QED) is 0.777. The number of rotatable bonds is 4. The lowest BCUT2D eigenvalue weighted by molar-refractivity contribution is -0.892. The van der Waals surface area contributed by atoms with Crippen LogP contribution in [0.15, 0.2) is 12.3 Å². The summed E-state index contributed by atoms with van der Waals surface area (Å²) in [5.74, 6) is 1.11. The molecule has 0 bridgehead atoms. The van der Waals surface area contributed by atoms with Crippen molar-refractivity contribution in [2.75, 3.05) is 37.6 Å². The molecule has 2 aliphatic rings. The summed E-state index contributed by atoms with van der Waals surface area (Å²) in [6.45, 7) is 5.35. The third kappa shape index (κ3) is 5.29. The van der Waals surface area contributed by atoms with Crippen molar-refractivity contribution < 1.29 is 27.8 Å². The molecule has 0 spiro atoms. The highest BCUT2D eigenvalue weighted by atomic mass is 35.5. The summed E-state index contributed by atoms with van der Waals surface area (Å²) < 4.78 is 38.3. The van der Waals surface area contributed by atoms with Crippen LogP contribution in [0.3, 0.4) is 0 Å². The lowest BCUT2D eigenvalue weighted by Gasteiger charge is -2.31. The molecule has 0 radical (unpaired) electrons. The fourth-order valence-corrected chi connectivity index (χ4v) is 4.40. The smallest absolute Gasteiger partial charge is 0.348 e. The highest BCUT2D eigenvalue weighted by molar-refractivity contribution is 6.32. The second kappa shape index (κ2) is 8.86. The summed E-state index contributed by atoms with van der Waals surface area (Å²) in [7, 11) is 0. The summed E-state index contributed by atoms with van der Waals surface area (Å²) >= 11 is 6.07. The zero-order chi connectivity index (χ0) is 20.3. The lowest BCUT2D eigenvalue weighted by atomic mass is 9.86. The normalized spacial score (nSPS) is 24.2. The van der Waals surface area contributed by atoms with Crippen LogP contribution in [0, 0.1) is 5.92 Å². The molecule has 1 aromatic rings. The molecule has 3 N–H and O–H groups in total. The molecule has 1 aliphatic carbocycles. The number of carbonyl (C=O) groups is 1. The van der Waals surface area contributed by atoms with Gasteiger partial charge in [0.2, 0.25) is 0 Å². The van der Waals surface area contributed by atoms with Gasteiger partial charge in [-0.3, -0.25) is 4.79 Å². The van der Waals surface area contributed by atoms with Crippen molar-refractivity contribution in [2.24, 2.45) is 5.92 Å². The largest absolute Gasteiger partial charge is 0.419 e. The Bertz CT molecular complexity index is 692. The maximum Gasteiger partial charge on any atom is 0.419 e. The average Bonchev–Trinajstić information content (AvgIpc) is 2.63. The Balaban J connectivity index is 1.50. The molecule has 0 unspecified atom stereocenters. The Kier molecular flexibility index (Phi) is 6.70. The summed E-state index contributed by atoms with van der Waals surface area (Å²) in [6.07, 6.45) is 1.15. The van der Waals surface area contributed by atoms with E-state index < -0.39 is 11.7 Å².